The fraction of sp³-hybridized carbons (Fsp3) is 0.0732. The van der Waals surface area contributed by atoms with E-state index >= 15 is 0 Å². The standard InChI is InChI=1S/C41H29N5/c1-41(2)33-23-28(35-18-11-12-22-42-35)20-21-29(33)31-24-32-30-17-9-10-19-36(30)46(37(32)25-34(31)41)40-44-38(26-13-5-3-6-14-26)43-39(45-40)27-15-7-4-8-16-27/h3-25H,1-2H3. The van der Waals surface area contributed by atoms with Crippen molar-refractivity contribution in [3.05, 3.63) is 151 Å². The molecular weight excluding hydrogens is 562 g/mol. The number of nitrogens with zero attached hydrogens (tertiary/aromatic N) is 5. The first-order valence-corrected chi connectivity index (χ1v) is 15.6. The first-order valence-electron chi connectivity index (χ1n) is 15.6. The SMILES string of the molecule is CC1(C)c2cc(-c3ccccn3)ccc2-c2cc3c4ccccc4n(-c4nc(-c5ccccc5)nc(-c5ccccc5)n4)c3cc21. The Kier molecular flexibility index (Phi) is 5.78. The largest absolute Gasteiger partial charge is 0.278 e. The van der Waals surface area contributed by atoms with Gasteiger partial charge in [-0.15, -0.1) is 0 Å². The van der Waals surface area contributed by atoms with Crippen LogP contribution in [0, 0.1) is 0 Å². The maximum atomic E-state index is 5.12. The van der Waals surface area contributed by atoms with Gasteiger partial charge < -0.3 is 0 Å². The van der Waals surface area contributed by atoms with Crippen LogP contribution in [0.2, 0.25) is 0 Å². The maximum absolute atomic E-state index is 5.12. The normalized spacial score (nSPS) is 13.2. The Morgan fingerprint density at radius 1 is 0.500 bits per heavy atom. The van der Waals surface area contributed by atoms with Gasteiger partial charge in [0.25, 0.3) is 0 Å². The molecule has 0 fully saturated rings. The van der Waals surface area contributed by atoms with E-state index in [-0.39, 0.29) is 5.41 Å². The van der Waals surface area contributed by atoms with E-state index in [1.54, 1.807) is 0 Å². The molecule has 5 nitrogen and oxygen atoms in total. The van der Waals surface area contributed by atoms with E-state index in [1.807, 2.05) is 79.0 Å². The molecule has 0 N–H and O–H groups in total. The molecule has 8 aromatic rings. The van der Waals surface area contributed by atoms with E-state index in [9.17, 15) is 0 Å². The van der Waals surface area contributed by atoms with Crippen LogP contribution in [-0.4, -0.2) is 24.5 Å². The molecule has 3 heterocycles. The van der Waals surface area contributed by atoms with Gasteiger partial charge in [-0.1, -0.05) is 111 Å². The number of benzene rings is 5. The quantitative estimate of drug-likeness (QED) is 0.204. The Morgan fingerprint density at radius 2 is 1.15 bits per heavy atom. The molecule has 0 saturated heterocycles. The van der Waals surface area contributed by atoms with Crippen LogP contribution in [0.3, 0.4) is 0 Å². The lowest BCUT2D eigenvalue weighted by Crippen LogP contribution is -2.15. The molecule has 0 aliphatic heterocycles. The summed E-state index contributed by atoms with van der Waals surface area (Å²) in [7, 11) is 0. The monoisotopic (exact) mass is 591 g/mol. The van der Waals surface area contributed by atoms with Gasteiger partial charge in [0, 0.05) is 39.1 Å². The summed E-state index contributed by atoms with van der Waals surface area (Å²) in [5.41, 5.74) is 11.1. The van der Waals surface area contributed by atoms with Gasteiger partial charge in [-0.3, -0.25) is 9.55 Å². The molecule has 0 bridgehead atoms. The highest BCUT2D eigenvalue weighted by molar-refractivity contribution is 6.11. The van der Waals surface area contributed by atoms with Gasteiger partial charge in [0.1, 0.15) is 0 Å². The molecule has 0 spiro atoms. The van der Waals surface area contributed by atoms with Gasteiger partial charge in [0.2, 0.25) is 5.95 Å². The van der Waals surface area contributed by atoms with Crippen LogP contribution in [0.5, 0.6) is 0 Å². The van der Waals surface area contributed by atoms with Crippen LogP contribution in [-0.2, 0) is 5.41 Å². The first-order chi connectivity index (χ1) is 22.6. The van der Waals surface area contributed by atoms with E-state index in [1.165, 1.54) is 33.0 Å². The van der Waals surface area contributed by atoms with Crippen molar-refractivity contribution >= 4 is 21.8 Å². The van der Waals surface area contributed by atoms with Crippen LogP contribution in [0.25, 0.3) is 72.9 Å². The number of rotatable bonds is 4. The van der Waals surface area contributed by atoms with Crippen molar-refractivity contribution in [3.8, 4) is 51.1 Å². The minimum atomic E-state index is -0.214. The van der Waals surface area contributed by atoms with Crippen molar-refractivity contribution < 1.29 is 0 Å². The second kappa shape index (κ2) is 10.0. The predicted molar refractivity (Wildman–Crippen MR) is 186 cm³/mol. The van der Waals surface area contributed by atoms with Gasteiger partial charge in [-0.05, 0) is 58.7 Å². The van der Waals surface area contributed by atoms with Gasteiger partial charge >= 0.3 is 0 Å². The summed E-state index contributed by atoms with van der Waals surface area (Å²) in [6.07, 6.45) is 1.85. The maximum Gasteiger partial charge on any atom is 0.238 e. The third kappa shape index (κ3) is 4.02. The number of para-hydroxylation sites is 1. The highest BCUT2D eigenvalue weighted by atomic mass is 15.2. The summed E-state index contributed by atoms with van der Waals surface area (Å²) in [5.74, 6) is 1.89. The molecule has 0 amide bonds. The molecule has 46 heavy (non-hydrogen) atoms. The lowest BCUT2D eigenvalue weighted by atomic mass is 9.81. The minimum Gasteiger partial charge on any atom is -0.278 e. The predicted octanol–water partition coefficient (Wildman–Crippen LogP) is 9.67. The van der Waals surface area contributed by atoms with Crippen molar-refractivity contribution in [1.82, 2.24) is 24.5 Å². The summed E-state index contributed by atoms with van der Waals surface area (Å²) < 4.78 is 2.21. The number of hydrogen-bond donors (Lipinski definition) is 0. The van der Waals surface area contributed by atoms with E-state index in [2.05, 4.69) is 84.1 Å². The molecule has 0 atom stereocenters. The molecule has 0 unspecified atom stereocenters. The second-order valence-electron chi connectivity index (χ2n) is 12.4. The fourth-order valence-electron chi connectivity index (χ4n) is 7.00. The number of pyridine rings is 1. The van der Waals surface area contributed by atoms with Gasteiger partial charge in [0.05, 0.1) is 16.7 Å². The van der Waals surface area contributed by atoms with Crippen LogP contribution < -0.4 is 0 Å². The van der Waals surface area contributed by atoms with Gasteiger partial charge in [-0.2, -0.15) is 9.97 Å². The topological polar surface area (TPSA) is 56.5 Å². The number of aromatic nitrogens is 5. The van der Waals surface area contributed by atoms with Crippen molar-refractivity contribution in [2.24, 2.45) is 0 Å². The van der Waals surface area contributed by atoms with Crippen molar-refractivity contribution in [2.75, 3.05) is 0 Å². The Morgan fingerprint density at radius 3 is 1.85 bits per heavy atom. The average Bonchev–Trinajstić information content (AvgIpc) is 3.56. The van der Waals surface area contributed by atoms with Gasteiger partial charge in [0.15, 0.2) is 11.6 Å². The summed E-state index contributed by atoms with van der Waals surface area (Å²) >= 11 is 0. The Balaban J connectivity index is 1.30. The third-order valence-electron chi connectivity index (χ3n) is 9.32. The first kappa shape index (κ1) is 26.5. The highest BCUT2D eigenvalue weighted by Gasteiger charge is 2.37. The molecule has 5 aromatic carbocycles. The lowest BCUT2D eigenvalue weighted by molar-refractivity contribution is 0.661. The van der Waals surface area contributed by atoms with Crippen LogP contribution >= 0.6 is 0 Å². The number of hydrogen-bond acceptors (Lipinski definition) is 4. The van der Waals surface area contributed by atoms with E-state index in [0.717, 1.165) is 33.4 Å². The van der Waals surface area contributed by atoms with Crippen LogP contribution in [0.4, 0.5) is 0 Å². The molecule has 218 valence electrons. The molecular formula is C41H29N5. The lowest BCUT2D eigenvalue weighted by Gasteiger charge is -2.22. The molecule has 3 aromatic heterocycles. The molecule has 5 heteroatoms. The fourth-order valence-corrected chi connectivity index (χ4v) is 7.00. The summed E-state index contributed by atoms with van der Waals surface area (Å²) in [6.45, 7) is 4.64. The van der Waals surface area contributed by atoms with E-state index in [0.29, 0.717) is 17.6 Å². The molecule has 9 rings (SSSR count). The smallest absolute Gasteiger partial charge is 0.238 e. The number of fused-ring (bicyclic) bond motifs is 6. The Labute approximate surface area is 266 Å². The summed E-state index contributed by atoms with van der Waals surface area (Å²) in [4.78, 5) is 19.8. The van der Waals surface area contributed by atoms with Crippen molar-refractivity contribution in [1.29, 1.82) is 0 Å². The zero-order chi connectivity index (χ0) is 30.8. The zero-order valence-electron chi connectivity index (χ0n) is 25.5. The highest BCUT2D eigenvalue weighted by Crippen LogP contribution is 2.51. The van der Waals surface area contributed by atoms with Crippen molar-refractivity contribution in [3.63, 3.8) is 0 Å². The minimum absolute atomic E-state index is 0.214. The molecule has 1 aliphatic rings. The second-order valence-corrected chi connectivity index (χ2v) is 12.4. The average molecular weight is 592 g/mol. The van der Waals surface area contributed by atoms with E-state index < -0.39 is 0 Å². The van der Waals surface area contributed by atoms with Crippen molar-refractivity contribution in [2.45, 2.75) is 19.3 Å². The third-order valence-corrected chi connectivity index (χ3v) is 9.32. The summed E-state index contributed by atoms with van der Waals surface area (Å²) in [6, 6.07) is 46.4. The molecule has 0 radical (unpaired) electrons. The van der Waals surface area contributed by atoms with Crippen LogP contribution in [0.1, 0.15) is 25.0 Å². The zero-order valence-corrected chi connectivity index (χ0v) is 25.5. The Hall–Kier alpha value is -5.94. The molecule has 1 aliphatic carbocycles. The van der Waals surface area contributed by atoms with E-state index in [4.69, 9.17) is 15.0 Å². The molecule has 0 saturated carbocycles. The Bertz CT molecular complexity index is 2370. The summed E-state index contributed by atoms with van der Waals surface area (Å²) in [5, 5.41) is 2.34. The van der Waals surface area contributed by atoms with Crippen LogP contribution in [0.15, 0.2) is 140 Å². The van der Waals surface area contributed by atoms with Gasteiger partial charge in [-0.25, -0.2) is 4.98 Å².